The van der Waals surface area contributed by atoms with Gasteiger partial charge in [0.05, 0.1) is 6.54 Å². The van der Waals surface area contributed by atoms with Crippen molar-refractivity contribution in [2.45, 2.75) is 83.3 Å². The summed E-state index contributed by atoms with van der Waals surface area (Å²) in [5.41, 5.74) is 2.04. The highest BCUT2D eigenvalue weighted by Gasteiger charge is 2.25. The van der Waals surface area contributed by atoms with Crippen LogP contribution in [0.2, 0.25) is 0 Å². The Morgan fingerprint density at radius 2 is 1.54 bits per heavy atom. The molecule has 39 heavy (non-hydrogen) atoms. The molecule has 0 radical (unpaired) electrons. The molecule has 1 saturated carbocycles. The topological polar surface area (TPSA) is 86.0 Å². The van der Waals surface area contributed by atoms with Crippen molar-refractivity contribution in [3.05, 3.63) is 47.1 Å². The molecule has 1 aliphatic carbocycles. The Bertz CT molecular complexity index is 1070. The number of aryl methyl sites for hydroxylation is 1. The van der Waals surface area contributed by atoms with Gasteiger partial charge in [-0.2, -0.15) is 4.98 Å². The Morgan fingerprint density at radius 1 is 0.872 bits per heavy atom. The number of carbonyl (C=O) groups is 2. The zero-order valence-electron chi connectivity index (χ0n) is 23.5. The van der Waals surface area contributed by atoms with Gasteiger partial charge in [-0.3, -0.25) is 19.4 Å². The van der Waals surface area contributed by atoms with Crippen molar-refractivity contribution in [2.75, 3.05) is 46.3 Å². The van der Waals surface area contributed by atoms with Crippen molar-refractivity contribution in [2.24, 2.45) is 0 Å². The summed E-state index contributed by atoms with van der Waals surface area (Å²) in [5, 5.41) is 4.14. The van der Waals surface area contributed by atoms with Gasteiger partial charge in [-0.15, -0.1) is 0 Å². The number of nitrogens with zero attached hydrogens (tertiary/aromatic N) is 6. The maximum absolute atomic E-state index is 13.1. The van der Waals surface area contributed by atoms with E-state index in [9.17, 15) is 9.59 Å². The molecule has 2 amide bonds. The normalized spacial score (nSPS) is 19.8. The van der Waals surface area contributed by atoms with Gasteiger partial charge in [-0.05, 0) is 56.5 Å². The molecule has 0 bridgehead atoms. The van der Waals surface area contributed by atoms with E-state index < -0.39 is 0 Å². The third-order valence-corrected chi connectivity index (χ3v) is 8.66. The summed E-state index contributed by atoms with van der Waals surface area (Å²) in [5.74, 6) is 1.41. The lowest BCUT2D eigenvalue weighted by atomic mass is 9.94. The number of amides is 2. The van der Waals surface area contributed by atoms with Gasteiger partial charge in [0, 0.05) is 64.2 Å². The number of rotatable bonds is 9. The Labute approximate surface area is 232 Å². The van der Waals surface area contributed by atoms with Crippen LogP contribution in [0.25, 0.3) is 0 Å². The summed E-state index contributed by atoms with van der Waals surface area (Å²) in [6.07, 6.45) is 10.7. The molecular weight excluding hydrogens is 492 g/mol. The van der Waals surface area contributed by atoms with Gasteiger partial charge in [0.15, 0.2) is 5.82 Å². The molecular formula is C30H44N6O3. The fourth-order valence-electron chi connectivity index (χ4n) is 6.14. The fraction of sp³-hybridized carbons (Fsp3) is 0.667. The molecule has 0 unspecified atom stereocenters. The SMILES string of the molecule is CN(C(=O)CCc1nc(CN2CCN(C(=O)c3ccc(CN4CCCCC4)cc3)CC2)no1)C1CCCCC1. The van der Waals surface area contributed by atoms with E-state index >= 15 is 0 Å². The van der Waals surface area contributed by atoms with Crippen LogP contribution in [-0.2, 0) is 24.3 Å². The second kappa shape index (κ2) is 13.5. The van der Waals surface area contributed by atoms with Gasteiger partial charge < -0.3 is 14.3 Å². The molecule has 3 fully saturated rings. The fourth-order valence-corrected chi connectivity index (χ4v) is 6.14. The summed E-state index contributed by atoms with van der Waals surface area (Å²) < 4.78 is 5.43. The lowest BCUT2D eigenvalue weighted by Gasteiger charge is -2.34. The summed E-state index contributed by atoms with van der Waals surface area (Å²) >= 11 is 0. The van der Waals surface area contributed by atoms with Crippen LogP contribution in [0, 0.1) is 0 Å². The molecule has 3 aliphatic rings. The Hall–Kier alpha value is -2.78. The molecule has 0 spiro atoms. The third kappa shape index (κ3) is 7.66. The van der Waals surface area contributed by atoms with Gasteiger partial charge in [-0.25, -0.2) is 0 Å². The molecule has 1 aromatic carbocycles. The van der Waals surface area contributed by atoms with Crippen molar-refractivity contribution in [1.29, 1.82) is 0 Å². The number of piperidine rings is 1. The summed E-state index contributed by atoms with van der Waals surface area (Å²) in [7, 11) is 1.92. The van der Waals surface area contributed by atoms with Crippen LogP contribution in [0.5, 0.6) is 0 Å². The van der Waals surface area contributed by atoms with E-state index in [0.29, 0.717) is 50.2 Å². The van der Waals surface area contributed by atoms with E-state index in [0.717, 1.165) is 38.0 Å². The monoisotopic (exact) mass is 536 g/mol. The van der Waals surface area contributed by atoms with E-state index in [4.69, 9.17) is 4.52 Å². The van der Waals surface area contributed by atoms with Gasteiger partial charge in [0.1, 0.15) is 0 Å². The third-order valence-electron chi connectivity index (χ3n) is 8.66. The highest BCUT2D eigenvalue weighted by molar-refractivity contribution is 5.94. The molecule has 0 atom stereocenters. The minimum absolute atomic E-state index is 0.101. The Morgan fingerprint density at radius 3 is 2.26 bits per heavy atom. The standard InChI is InChI=1S/C30H44N6O3/c1-33(26-8-4-2-5-9-26)29(37)15-14-28-31-27(32-39-28)23-35-18-20-36(21-19-35)30(38)25-12-10-24(11-13-25)22-34-16-6-3-7-17-34/h10-13,26H,2-9,14-23H2,1H3. The number of aromatic nitrogens is 2. The average Bonchev–Trinajstić information content (AvgIpc) is 3.44. The van der Waals surface area contributed by atoms with Crippen LogP contribution < -0.4 is 0 Å². The number of hydrogen-bond donors (Lipinski definition) is 0. The molecule has 9 nitrogen and oxygen atoms in total. The first kappa shape index (κ1) is 27.8. The molecule has 2 aromatic rings. The van der Waals surface area contributed by atoms with Crippen molar-refractivity contribution in [1.82, 2.24) is 29.7 Å². The van der Waals surface area contributed by atoms with Gasteiger partial charge in [0.2, 0.25) is 11.8 Å². The van der Waals surface area contributed by atoms with Gasteiger partial charge >= 0.3 is 0 Å². The van der Waals surface area contributed by atoms with Crippen molar-refractivity contribution >= 4 is 11.8 Å². The largest absolute Gasteiger partial charge is 0.343 e. The number of benzene rings is 1. The molecule has 3 heterocycles. The van der Waals surface area contributed by atoms with E-state index in [1.165, 1.54) is 57.2 Å². The van der Waals surface area contributed by atoms with Crippen LogP contribution >= 0.6 is 0 Å². The lowest BCUT2D eigenvalue weighted by molar-refractivity contribution is -0.132. The second-order valence-corrected chi connectivity index (χ2v) is 11.5. The minimum Gasteiger partial charge on any atom is -0.343 e. The van der Waals surface area contributed by atoms with Crippen molar-refractivity contribution in [3.8, 4) is 0 Å². The predicted octanol–water partition coefficient (Wildman–Crippen LogP) is 3.74. The van der Waals surface area contributed by atoms with Crippen LogP contribution in [-0.4, -0.2) is 93.9 Å². The van der Waals surface area contributed by atoms with E-state index in [1.54, 1.807) is 0 Å². The summed E-state index contributed by atoms with van der Waals surface area (Å²) in [6, 6.07) is 8.54. The zero-order chi connectivity index (χ0) is 27.0. The number of hydrogen-bond acceptors (Lipinski definition) is 7. The molecule has 212 valence electrons. The quantitative estimate of drug-likeness (QED) is 0.483. The molecule has 2 aliphatic heterocycles. The van der Waals surface area contributed by atoms with E-state index in [1.807, 2.05) is 29.0 Å². The summed E-state index contributed by atoms with van der Waals surface area (Å²) in [6.45, 7) is 6.82. The van der Waals surface area contributed by atoms with Gasteiger partial charge in [-0.1, -0.05) is 43.0 Å². The molecule has 5 rings (SSSR count). The maximum Gasteiger partial charge on any atom is 0.253 e. The van der Waals surface area contributed by atoms with Crippen molar-refractivity contribution < 1.29 is 14.1 Å². The van der Waals surface area contributed by atoms with Crippen molar-refractivity contribution in [3.63, 3.8) is 0 Å². The van der Waals surface area contributed by atoms with Crippen LogP contribution in [0.4, 0.5) is 0 Å². The highest BCUT2D eigenvalue weighted by atomic mass is 16.5. The van der Waals surface area contributed by atoms with Crippen LogP contribution in [0.3, 0.4) is 0 Å². The lowest BCUT2D eigenvalue weighted by Crippen LogP contribution is -2.48. The number of carbonyl (C=O) groups excluding carboxylic acids is 2. The first-order chi connectivity index (χ1) is 19.0. The maximum atomic E-state index is 13.1. The smallest absolute Gasteiger partial charge is 0.253 e. The van der Waals surface area contributed by atoms with E-state index in [-0.39, 0.29) is 11.8 Å². The zero-order valence-corrected chi connectivity index (χ0v) is 23.5. The first-order valence-electron chi connectivity index (χ1n) is 15.0. The van der Waals surface area contributed by atoms with Crippen LogP contribution in [0.1, 0.15) is 85.4 Å². The first-order valence-corrected chi connectivity index (χ1v) is 15.0. The average molecular weight is 537 g/mol. The molecule has 9 heteroatoms. The van der Waals surface area contributed by atoms with E-state index in [2.05, 4.69) is 32.1 Å². The number of piperazine rings is 1. The van der Waals surface area contributed by atoms with Gasteiger partial charge in [0.25, 0.3) is 5.91 Å². The molecule has 2 saturated heterocycles. The molecule has 0 N–H and O–H groups in total. The Kier molecular flexibility index (Phi) is 9.63. The summed E-state index contributed by atoms with van der Waals surface area (Å²) in [4.78, 5) is 38.8. The second-order valence-electron chi connectivity index (χ2n) is 11.5. The Balaban J connectivity index is 1.03. The highest BCUT2D eigenvalue weighted by Crippen LogP contribution is 2.22. The number of likely N-dealkylation sites (tertiary alicyclic amines) is 1. The molecule has 1 aromatic heterocycles. The predicted molar refractivity (Wildman–Crippen MR) is 149 cm³/mol. The minimum atomic E-state index is 0.101. The van der Waals surface area contributed by atoms with Crippen LogP contribution in [0.15, 0.2) is 28.8 Å².